The van der Waals surface area contributed by atoms with E-state index in [0.29, 0.717) is 13.0 Å². The highest BCUT2D eigenvalue weighted by atomic mass is 16.4. The van der Waals surface area contributed by atoms with E-state index in [-0.39, 0.29) is 17.7 Å². The second-order valence-corrected chi connectivity index (χ2v) is 6.19. The number of rotatable bonds is 7. The number of carbonyl (C=O) groups excluding carboxylic acids is 1. The van der Waals surface area contributed by atoms with Crippen LogP contribution in [0.25, 0.3) is 0 Å². The fourth-order valence-electron chi connectivity index (χ4n) is 2.91. The minimum Gasteiger partial charge on any atom is -0.481 e. The number of amides is 1. The first-order valence-electron chi connectivity index (χ1n) is 7.53. The van der Waals surface area contributed by atoms with Crippen LogP contribution in [0.3, 0.4) is 0 Å². The SMILES string of the molecule is Cc1cccc(CCC(=O)NCC2(CC(=O)O)CCC2)c1. The third kappa shape index (κ3) is 4.59. The molecule has 0 saturated heterocycles. The van der Waals surface area contributed by atoms with E-state index >= 15 is 0 Å². The summed E-state index contributed by atoms with van der Waals surface area (Å²) >= 11 is 0. The quantitative estimate of drug-likeness (QED) is 0.811. The molecule has 1 fully saturated rings. The molecule has 1 aromatic carbocycles. The summed E-state index contributed by atoms with van der Waals surface area (Å²) in [4.78, 5) is 22.8. The van der Waals surface area contributed by atoms with Crippen molar-refractivity contribution in [3.63, 3.8) is 0 Å². The lowest BCUT2D eigenvalue weighted by atomic mass is 9.66. The molecule has 1 aliphatic rings. The van der Waals surface area contributed by atoms with Crippen molar-refractivity contribution in [2.75, 3.05) is 6.54 Å². The molecule has 4 nitrogen and oxygen atoms in total. The number of benzene rings is 1. The Balaban J connectivity index is 1.76. The van der Waals surface area contributed by atoms with Crippen LogP contribution >= 0.6 is 0 Å². The van der Waals surface area contributed by atoms with Crippen molar-refractivity contribution in [1.82, 2.24) is 5.32 Å². The third-order valence-corrected chi connectivity index (χ3v) is 4.32. The normalized spacial score (nSPS) is 16.0. The van der Waals surface area contributed by atoms with Crippen molar-refractivity contribution < 1.29 is 14.7 Å². The molecule has 0 radical (unpaired) electrons. The Hall–Kier alpha value is -1.84. The fourth-order valence-corrected chi connectivity index (χ4v) is 2.91. The molecule has 4 heteroatoms. The number of aliphatic carboxylic acids is 1. The summed E-state index contributed by atoms with van der Waals surface area (Å²) in [6.45, 7) is 2.53. The summed E-state index contributed by atoms with van der Waals surface area (Å²) in [5, 5.41) is 11.9. The van der Waals surface area contributed by atoms with Gasteiger partial charge in [-0.1, -0.05) is 36.2 Å². The van der Waals surface area contributed by atoms with Gasteiger partial charge < -0.3 is 10.4 Å². The standard InChI is InChI=1S/C17H23NO3/c1-13-4-2-5-14(10-13)6-7-15(19)18-12-17(8-3-9-17)11-16(20)21/h2,4-5,10H,3,6-9,11-12H2,1H3,(H,18,19)(H,20,21). The van der Waals surface area contributed by atoms with Gasteiger partial charge in [0.2, 0.25) is 5.91 Å². The van der Waals surface area contributed by atoms with Gasteiger partial charge in [-0.25, -0.2) is 0 Å². The highest BCUT2D eigenvalue weighted by Gasteiger charge is 2.39. The van der Waals surface area contributed by atoms with Gasteiger partial charge in [0.1, 0.15) is 0 Å². The van der Waals surface area contributed by atoms with Crippen molar-refractivity contribution in [2.24, 2.45) is 5.41 Å². The lowest BCUT2D eigenvalue weighted by molar-refractivity contribution is -0.141. The number of aryl methyl sites for hydroxylation is 2. The van der Waals surface area contributed by atoms with Gasteiger partial charge in [-0.2, -0.15) is 0 Å². The minimum atomic E-state index is -0.774. The van der Waals surface area contributed by atoms with Crippen molar-refractivity contribution >= 4 is 11.9 Å². The molecule has 0 aliphatic heterocycles. The molecule has 1 amide bonds. The summed E-state index contributed by atoms with van der Waals surface area (Å²) in [5.41, 5.74) is 2.15. The van der Waals surface area contributed by atoms with E-state index in [1.54, 1.807) is 0 Å². The van der Waals surface area contributed by atoms with E-state index < -0.39 is 5.97 Å². The van der Waals surface area contributed by atoms with Crippen LogP contribution in [0.1, 0.15) is 43.2 Å². The molecule has 2 rings (SSSR count). The molecular weight excluding hydrogens is 266 g/mol. The summed E-state index contributed by atoms with van der Waals surface area (Å²) in [6.07, 6.45) is 4.19. The Bertz CT molecular complexity index is 521. The van der Waals surface area contributed by atoms with Crippen molar-refractivity contribution in [3.05, 3.63) is 35.4 Å². The Morgan fingerprint density at radius 3 is 2.67 bits per heavy atom. The number of carboxylic acid groups (broad SMARTS) is 1. The van der Waals surface area contributed by atoms with Crippen LogP contribution in [-0.2, 0) is 16.0 Å². The van der Waals surface area contributed by atoms with E-state index in [1.165, 1.54) is 5.56 Å². The van der Waals surface area contributed by atoms with Gasteiger partial charge in [-0.3, -0.25) is 9.59 Å². The van der Waals surface area contributed by atoms with Crippen LogP contribution in [-0.4, -0.2) is 23.5 Å². The second-order valence-electron chi connectivity index (χ2n) is 6.19. The molecule has 0 atom stereocenters. The Morgan fingerprint density at radius 1 is 1.33 bits per heavy atom. The molecule has 21 heavy (non-hydrogen) atoms. The Kier molecular flexibility index (Phi) is 4.99. The van der Waals surface area contributed by atoms with Gasteiger partial charge in [-0.15, -0.1) is 0 Å². The van der Waals surface area contributed by atoms with Gasteiger partial charge >= 0.3 is 5.97 Å². The monoisotopic (exact) mass is 289 g/mol. The Labute approximate surface area is 125 Å². The summed E-state index contributed by atoms with van der Waals surface area (Å²) in [6, 6.07) is 8.15. The van der Waals surface area contributed by atoms with E-state index in [9.17, 15) is 9.59 Å². The highest BCUT2D eigenvalue weighted by molar-refractivity contribution is 5.76. The van der Waals surface area contributed by atoms with Gasteiger partial charge in [-0.05, 0) is 37.2 Å². The predicted molar refractivity (Wildman–Crippen MR) is 81.0 cm³/mol. The molecule has 1 aromatic rings. The lowest BCUT2D eigenvalue weighted by Gasteiger charge is -2.40. The molecule has 1 saturated carbocycles. The zero-order valence-electron chi connectivity index (χ0n) is 12.5. The van der Waals surface area contributed by atoms with Gasteiger partial charge in [0.25, 0.3) is 0 Å². The topological polar surface area (TPSA) is 66.4 Å². The van der Waals surface area contributed by atoms with Gasteiger partial charge in [0, 0.05) is 13.0 Å². The smallest absolute Gasteiger partial charge is 0.303 e. The van der Waals surface area contributed by atoms with Crippen LogP contribution in [0, 0.1) is 12.3 Å². The van der Waals surface area contributed by atoms with E-state index in [2.05, 4.69) is 11.4 Å². The van der Waals surface area contributed by atoms with Gasteiger partial charge in [0.05, 0.1) is 6.42 Å². The number of carboxylic acids is 1. The first kappa shape index (κ1) is 15.5. The first-order valence-corrected chi connectivity index (χ1v) is 7.53. The molecule has 0 aromatic heterocycles. The van der Waals surface area contributed by atoms with Crippen molar-refractivity contribution in [3.8, 4) is 0 Å². The molecule has 114 valence electrons. The summed E-state index contributed by atoms with van der Waals surface area (Å²) in [5.74, 6) is -0.767. The largest absolute Gasteiger partial charge is 0.481 e. The molecule has 1 aliphatic carbocycles. The predicted octanol–water partition coefficient (Wildman–Crippen LogP) is 2.69. The first-order chi connectivity index (χ1) is 9.99. The van der Waals surface area contributed by atoms with Crippen LogP contribution < -0.4 is 5.32 Å². The minimum absolute atomic E-state index is 0.00756. The summed E-state index contributed by atoms with van der Waals surface area (Å²) in [7, 11) is 0. The molecule has 0 bridgehead atoms. The molecular formula is C17H23NO3. The highest BCUT2D eigenvalue weighted by Crippen LogP contribution is 2.43. The van der Waals surface area contributed by atoms with Crippen LogP contribution in [0.5, 0.6) is 0 Å². The van der Waals surface area contributed by atoms with Crippen molar-refractivity contribution in [1.29, 1.82) is 0 Å². The summed E-state index contributed by atoms with van der Waals surface area (Å²) < 4.78 is 0. The maximum absolute atomic E-state index is 11.9. The molecule has 0 spiro atoms. The molecule has 0 heterocycles. The number of carbonyl (C=O) groups is 2. The maximum Gasteiger partial charge on any atom is 0.303 e. The maximum atomic E-state index is 11.9. The van der Waals surface area contributed by atoms with E-state index in [0.717, 1.165) is 31.2 Å². The van der Waals surface area contributed by atoms with Crippen molar-refractivity contribution in [2.45, 2.75) is 45.4 Å². The average molecular weight is 289 g/mol. The average Bonchev–Trinajstić information content (AvgIpc) is 2.39. The van der Waals surface area contributed by atoms with E-state index in [1.807, 2.05) is 25.1 Å². The van der Waals surface area contributed by atoms with Crippen LogP contribution in [0.15, 0.2) is 24.3 Å². The number of hydrogen-bond acceptors (Lipinski definition) is 2. The fraction of sp³-hybridized carbons (Fsp3) is 0.529. The van der Waals surface area contributed by atoms with Crippen LogP contribution in [0.2, 0.25) is 0 Å². The lowest BCUT2D eigenvalue weighted by Crippen LogP contribution is -2.43. The second kappa shape index (κ2) is 6.74. The molecule has 2 N–H and O–H groups in total. The van der Waals surface area contributed by atoms with Crippen LogP contribution in [0.4, 0.5) is 0 Å². The zero-order valence-corrected chi connectivity index (χ0v) is 12.5. The number of hydrogen-bond donors (Lipinski definition) is 2. The van der Waals surface area contributed by atoms with Gasteiger partial charge in [0.15, 0.2) is 0 Å². The zero-order chi connectivity index (χ0) is 15.3. The third-order valence-electron chi connectivity index (χ3n) is 4.32. The Morgan fingerprint density at radius 2 is 2.10 bits per heavy atom. The molecule has 0 unspecified atom stereocenters. The number of nitrogens with one attached hydrogen (secondary N) is 1. The van der Waals surface area contributed by atoms with E-state index in [4.69, 9.17) is 5.11 Å².